The van der Waals surface area contributed by atoms with Crippen molar-refractivity contribution in [2.24, 2.45) is 0 Å². The number of aliphatic hydroxyl groups excluding tert-OH is 1. The van der Waals surface area contributed by atoms with Gasteiger partial charge in [-0.05, 0) is 25.7 Å². The van der Waals surface area contributed by atoms with E-state index in [0.29, 0.717) is 0 Å². The van der Waals surface area contributed by atoms with Crippen molar-refractivity contribution in [1.29, 1.82) is 0 Å². The predicted octanol–water partition coefficient (Wildman–Crippen LogP) is 1.16. The molecule has 0 spiro atoms. The number of halogens is 1. The Hall–Kier alpha value is -0.540. The zero-order valence-corrected chi connectivity index (χ0v) is 8.18. The number of nitrogens with one attached hydrogen (secondary N) is 1. The van der Waals surface area contributed by atoms with E-state index in [1.807, 2.05) is 0 Å². The quantitative estimate of drug-likeness (QED) is 0.662. The molecule has 0 aromatic carbocycles. The van der Waals surface area contributed by atoms with Gasteiger partial charge in [-0.1, -0.05) is 18.2 Å². The summed E-state index contributed by atoms with van der Waals surface area (Å²) in [7, 11) is 0. The Morgan fingerprint density at radius 3 is 2.38 bits per heavy atom. The second-order valence-corrected chi connectivity index (χ2v) is 3.84. The van der Waals surface area contributed by atoms with Gasteiger partial charge in [0.25, 0.3) is 5.91 Å². The maximum atomic E-state index is 11.1. The minimum Gasteiger partial charge on any atom is -0.393 e. The first-order chi connectivity index (χ1) is 6.09. The molecule has 1 aliphatic carbocycles. The van der Waals surface area contributed by atoms with Crippen LogP contribution < -0.4 is 5.32 Å². The van der Waals surface area contributed by atoms with E-state index < -0.39 is 0 Å². The molecule has 1 aliphatic rings. The van der Waals surface area contributed by atoms with E-state index in [-0.39, 0.29) is 23.1 Å². The SMILES string of the molecule is C=C(Cl)C(=O)NC1CCC(O)CC1. The molecule has 0 heterocycles. The summed E-state index contributed by atoms with van der Waals surface area (Å²) in [5.41, 5.74) is 0. The Morgan fingerprint density at radius 2 is 1.92 bits per heavy atom. The third-order valence-electron chi connectivity index (χ3n) is 2.28. The molecule has 1 amide bonds. The molecule has 0 aliphatic heterocycles. The average molecular weight is 204 g/mol. The lowest BCUT2D eigenvalue weighted by Gasteiger charge is -2.25. The zero-order valence-electron chi connectivity index (χ0n) is 7.42. The largest absolute Gasteiger partial charge is 0.393 e. The zero-order chi connectivity index (χ0) is 9.84. The van der Waals surface area contributed by atoms with E-state index >= 15 is 0 Å². The summed E-state index contributed by atoms with van der Waals surface area (Å²) in [6.45, 7) is 3.34. The molecule has 0 aromatic heterocycles. The number of carbonyl (C=O) groups is 1. The van der Waals surface area contributed by atoms with Gasteiger partial charge in [0, 0.05) is 6.04 Å². The fraction of sp³-hybridized carbons (Fsp3) is 0.667. The van der Waals surface area contributed by atoms with Crippen LogP contribution in [0.3, 0.4) is 0 Å². The highest BCUT2D eigenvalue weighted by molar-refractivity contribution is 6.41. The standard InChI is InChI=1S/C9H14ClNO2/c1-6(10)9(13)11-7-2-4-8(12)5-3-7/h7-8,12H,1-5H2,(H,11,13). The van der Waals surface area contributed by atoms with Gasteiger partial charge in [0.05, 0.1) is 11.1 Å². The van der Waals surface area contributed by atoms with Gasteiger partial charge < -0.3 is 10.4 Å². The lowest BCUT2D eigenvalue weighted by Crippen LogP contribution is -2.38. The molecule has 0 atom stereocenters. The summed E-state index contributed by atoms with van der Waals surface area (Å²) in [5, 5.41) is 12.0. The Balaban J connectivity index is 2.30. The maximum absolute atomic E-state index is 11.1. The third-order valence-corrected chi connectivity index (χ3v) is 2.45. The molecular formula is C9H14ClNO2. The van der Waals surface area contributed by atoms with Gasteiger partial charge in [0.2, 0.25) is 0 Å². The molecule has 0 bridgehead atoms. The van der Waals surface area contributed by atoms with Crippen molar-refractivity contribution in [2.45, 2.75) is 37.8 Å². The third kappa shape index (κ3) is 3.36. The van der Waals surface area contributed by atoms with Crippen LogP contribution in [-0.2, 0) is 4.79 Å². The molecule has 4 heteroatoms. The van der Waals surface area contributed by atoms with Gasteiger partial charge in [-0.3, -0.25) is 4.79 Å². The molecule has 3 nitrogen and oxygen atoms in total. The van der Waals surface area contributed by atoms with Crippen molar-refractivity contribution < 1.29 is 9.90 Å². The highest BCUT2D eigenvalue weighted by atomic mass is 35.5. The minimum absolute atomic E-state index is 0.0196. The van der Waals surface area contributed by atoms with Crippen molar-refractivity contribution in [3.8, 4) is 0 Å². The minimum atomic E-state index is -0.303. The summed E-state index contributed by atoms with van der Waals surface area (Å²) in [6, 6.07) is 0.145. The Kier molecular flexibility index (Phi) is 3.75. The summed E-state index contributed by atoms with van der Waals surface area (Å²) in [6.07, 6.45) is 2.93. The van der Waals surface area contributed by atoms with Crippen LogP contribution in [0.5, 0.6) is 0 Å². The van der Waals surface area contributed by atoms with E-state index in [1.54, 1.807) is 0 Å². The first-order valence-corrected chi connectivity index (χ1v) is 4.80. The normalized spacial score (nSPS) is 28.2. The first kappa shape index (κ1) is 10.5. The van der Waals surface area contributed by atoms with Gasteiger partial charge in [-0.25, -0.2) is 0 Å². The maximum Gasteiger partial charge on any atom is 0.262 e. The fourth-order valence-electron chi connectivity index (χ4n) is 1.48. The molecule has 2 N–H and O–H groups in total. The van der Waals surface area contributed by atoms with Gasteiger partial charge in [-0.15, -0.1) is 0 Å². The smallest absolute Gasteiger partial charge is 0.262 e. The molecule has 0 aromatic rings. The number of aliphatic hydroxyl groups is 1. The van der Waals surface area contributed by atoms with Gasteiger partial charge in [0.1, 0.15) is 0 Å². The molecule has 74 valence electrons. The van der Waals surface area contributed by atoms with Crippen LogP contribution in [-0.4, -0.2) is 23.2 Å². The van der Waals surface area contributed by atoms with Gasteiger partial charge in [0.15, 0.2) is 0 Å². The van der Waals surface area contributed by atoms with E-state index in [0.717, 1.165) is 25.7 Å². The van der Waals surface area contributed by atoms with Crippen LogP contribution in [0.15, 0.2) is 11.6 Å². The van der Waals surface area contributed by atoms with Crippen molar-refractivity contribution >= 4 is 17.5 Å². The predicted molar refractivity (Wildman–Crippen MR) is 51.4 cm³/mol. The molecular weight excluding hydrogens is 190 g/mol. The number of hydrogen-bond acceptors (Lipinski definition) is 2. The van der Waals surface area contributed by atoms with Crippen LogP contribution in [0.1, 0.15) is 25.7 Å². The summed E-state index contributed by atoms with van der Waals surface area (Å²) < 4.78 is 0. The van der Waals surface area contributed by atoms with Crippen LogP contribution in [0, 0.1) is 0 Å². The van der Waals surface area contributed by atoms with Crippen molar-refractivity contribution in [2.75, 3.05) is 0 Å². The van der Waals surface area contributed by atoms with E-state index in [2.05, 4.69) is 11.9 Å². The molecule has 1 fully saturated rings. The van der Waals surface area contributed by atoms with Gasteiger partial charge in [-0.2, -0.15) is 0 Å². The molecule has 0 radical (unpaired) electrons. The fourth-order valence-corrected chi connectivity index (χ4v) is 1.54. The second-order valence-electron chi connectivity index (χ2n) is 3.38. The van der Waals surface area contributed by atoms with Crippen molar-refractivity contribution in [3.63, 3.8) is 0 Å². The average Bonchev–Trinajstić information content (AvgIpc) is 2.08. The van der Waals surface area contributed by atoms with E-state index in [9.17, 15) is 9.90 Å². The highest BCUT2D eigenvalue weighted by Gasteiger charge is 2.20. The van der Waals surface area contributed by atoms with Crippen molar-refractivity contribution in [3.05, 3.63) is 11.6 Å². The van der Waals surface area contributed by atoms with E-state index in [1.165, 1.54) is 0 Å². The molecule has 0 saturated heterocycles. The Labute approximate surface area is 82.8 Å². The highest BCUT2D eigenvalue weighted by Crippen LogP contribution is 2.18. The number of amides is 1. The Morgan fingerprint density at radius 1 is 1.38 bits per heavy atom. The Bertz CT molecular complexity index is 210. The summed E-state index contributed by atoms with van der Waals surface area (Å²) >= 11 is 5.42. The van der Waals surface area contributed by atoms with Crippen molar-refractivity contribution in [1.82, 2.24) is 5.32 Å². The van der Waals surface area contributed by atoms with E-state index in [4.69, 9.17) is 11.6 Å². The molecule has 1 rings (SSSR count). The number of rotatable bonds is 2. The molecule has 0 unspecified atom stereocenters. The topological polar surface area (TPSA) is 49.3 Å². The molecule has 1 saturated carbocycles. The van der Waals surface area contributed by atoms with Crippen LogP contribution in [0.4, 0.5) is 0 Å². The number of carbonyl (C=O) groups excluding carboxylic acids is 1. The summed E-state index contributed by atoms with van der Waals surface area (Å²) in [4.78, 5) is 11.1. The number of hydrogen-bond donors (Lipinski definition) is 2. The van der Waals surface area contributed by atoms with Crippen LogP contribution >= 0.6 is 11.6 Å². The lowest BCUT2D eigenvalue weighted by molar-refractivity contribution is -0.117. The lowest BCUT2D eigenvalue weighted by atomic mass is 9.93. The monoisotopic (exact) mass is 203 g/mol. The first-order valence-electron chi connectivity index (χ1n) is 4.43. The van der Waals surface area contributed by atoms with Crippen LogP contribution in [0.25, 0.3) is 0 Å². The van der Waals surface area contributed by atoms with Gasteiger partial charge >= 0.3 is 0 Å². The summed E-state index contributed by atoms with van der Waals surface area (Å²) in [5.74, 6) is -0.303. The molecule has 13 heavy (non-hydrogen) atoms. The second kappa shape index (κ2) is 4.63. The van der Waals surface area contributed by atoms with Crippen LogP contribution in [0.2, 0.25) is 0 Å².